The van der Waals surface area contributed by atoms with Crippen LogP contribution in [0.5, 0.6) is 0 Å². The van der Waals surface area contributed by atoms with Crippen LogP contribution in [-0.4, -0.2) is 25.8 Å². The highest BCUT2D eigenvalue weighted by molar-refractivity contribution is 7.89. The first-order chi connectivity index (χ1) is 13.9. The molecule has 1 heterocycles. The van der Waals surface area contributed by atoms with E-state index in [0.717, 1.165) is 11.1 Å². The number of hydrogen-bond donors (Lipinski definition) is 1. The van der Waals surface area contributed by atoms with Crippen LogP contribution in [0.4, 0.5) is 4.39 Å². The molecule has 0 saturated heterocycles. The number of rotatable bonds is 5. The molecule has 3 aromatic rings. The molecule has 4 rings (SSSR count). The molecule has 1 aliphatic rings. The number of nitrogens with zero attached hydrogens (tertiary/aromatic N) is 1. The number of primary sulfonamides is 1. The molecule has 3 aromatic carbocycles. The summed E-state index contributed by atoms with van der Waals surface area (Å²) in [6, 6.07) is 19.5. The molecular formula is C22H19FN2O3S. The summed E-state index contributed by atoms with van der Waals surface area (Å²) >= 11 is 0. The predicted molar refractivity (Wildman–Crippen MR) is 107 cm³/mol. The maximum absolute atomic E-state index is 14.5. The minimum Gasteiger partial charge on any atom is -0.327 e. The van der Waals surface area contributed by atoms with Gasteiger partial charge in [-0.3, -0.25) is 4.79 Å². The number of benzene rings is 3. The number of hydrogen-bond acceptors (Lipinski definition) is 3. The summed E-state index contributed by atoms with van der Waals surface area (Å²) in [5.74, 6) is -0.500. The van der Waals surface area contributed by atoms with Gasteiger partial charge in [0.05, 0.1) is 10.9 Å². The quantitative estimate of drug-likeness (QED) is 0.701. The molecule has 0 fully saturated rings. The number of sulfonamides is 1. The van der Waals surface area contributed by atoms with E-state index in [0.29, 0.717) is 24.1 Å². The van der Waals surface area contributed by atoms with E-state index >= 15 is 0 Å². The van der Waals surface area contributed by atoms with Gasteiger partial charge in [-0.05, 0) is 41.8 Å². The van der Waals surface area contributed by atoms with Crippen molar-refractivity contribution in [1.29, 1.82) is 0 Å². The van der Waals surface area contributed by atoms with Crippen molar-refractivity contribution in [3.8, 4) is 0 Å². The molecule has 1 atom stereocenters. The smallest absolute Gasteiger partial charge is 0.255 e. The van der Waals surface area contributed by atoms with Gasteiger partial charge in [-0.1, -0.05) is 48.5 Å². The molecule has 2 N–H and O–H groups in total. The van der Waals surface area contributed by atoms with Gasteiger partial charge in [0.25, 0.3) is 5.91 Å². The summed E-state index contributed by atoms with van der Waals surface area (Å²) in [6.45, 7) is 0.362. The normalized spacial score (nSPS) is 16.1. The largest absolute Gasteiger partial charge is 0.327 e. The van der Waals surface area contributed by atoms with Crippen molar-refractivity contribution in [2.24, 2.45) is 5.14 Å². The van der Waals surface area contributed by atoms with E-state index in [1.54, 1.807) is 47.4 Å². The van der Waals surface area contributed by atoms with Gasteiger partial charge in [-0.15, -0.1) is 0 Å². The van der Waals surface area contributed by atoms with Crippen LogP contribution in [0.2, 0.25) is 0 Å². The molecule has 1 amide bonds. The van der Waals surface area contributed by atoms with E-state index in [1.807, 2.05) is 12.1 Å². The molecule has 1 unspecified atom stereocenters. The van der Waals surface area contributed by atoms with Gasteiger partial charge >= 0.3 is 0 Å². The SMILES string of the molecule is NS(=O)(=O)c1ccc(CCN2C(=O)c3ccccc3C2c2ccccc2F)cc1. The Balaban J connectivity index is 1.63. The van der Waals surface area contributed by atoms with Crippen LogP contribution in [0.15, 0.2) is 77.7 Å². The Hall–Kier alpha value is -3.03. The molecule has 1 aliphatic heterocycles. The fourth-order valence-corrected chi connectivity index (χ4v) is 4.24. The third-order valence-electron chi connectivity index (χ3n) is 5.15. The summed E-state index contributed by atoms with van der Waals surface area (Å²) in [4.78, 5) is 14.7. The second-order valence-corrected chi connectivity index (χ2v) is 8.51. The van der Waals surface area contributed by atoms with Crippen molar-refractivity contribution in [3.63, 3.8) is 0 Å². The number of carbonyl (C=O) groups excluding carboxylic acids is 1. The summed E-state index contributed by atoms with van der Waals surface area (Å²) in [5, 5.41) is 5.13. The molecule has 29 heavy (non-hydrogen) atoms. The fourth-order valence-electron chi connectivity index (χ4n) is 3.73. The van der Waals surface area contributed by atoms with Crippen molar-refractivity contribution in [1.82, 2.24) is 4.90 Å². The van der Waals surface area contributed by atoms with Gasteiger partial charge < -0.3 is 4.90 Å². The minimum absolute atomic E-state index is 0.0372. The lowest BCUT2D eigenvalue weighted by Crippen LogP contribution is -2.31. The van der Waals surface area contributed by atoms with Crippen molar-refractivity contribution in [2.45, 2.75) is 17.4 Å². The maximum atomic E-state index is 14.5. The number of halogens is 1. The van der Waals surface area contributed by atoms with E-state index in [1.165, 1.54) is 18.2 Å². The fraction of sp³-hybridized carbons (Fsp3) is 0.136. The second-order valence-electron chi connectivity index (χ2n) is 6.95. The van der Waals surface area contributed by atoms with Gasteiger partial charge in [0.2, 0.25) is 10.0 Å². The van der Waals surface area contributed by atoms with Crippen LogP contribution < -0.4 is 5.14 Å². The lowest BCUT2D eigenvalue weighted by atomic mass is 9.97. The topological polar surface area (TPSA) is 80.5 Å². The summed E-state index contributed by atoms with van der Waals surface area (Å²) in [5.41, 5.74) is 2.67. The third kappa shape index (κ3) is 3.66. The van der Waals surface area contributed by atoms with E-state index in [9.17, 15) is 17.6 Å². The molecule has 0 radical (unpaired) electrons. The standard InChI is InChI=1S/C22H19FN2O3S/c23-20-8-4-3-7-19(20)21-17-5-1-2-6-18(17)22(26)25(21)14-13-15-9-11-16(12-10-15)29(24,27)28/h1-12,21H,13-14H2,(H2,24,27,28). The van der Waals surface area contributed by atoms with Crippen LogP contribution >= 0.6 is 0 Å². The van der Waals surface area contributed by atoms with Gasteiger partial charge in [0, 0.05) is 17.7 Å². The average molecular weight is 410 g/mol. The molecule has 0 aliphatic carbocycles. The van der Waals surface area contributed by atoms with Gasteiger partial charge in [-0.25, -0.2) is 17.9 Å². The number of amides is 1. The Morgan fingerprint density at radius 1 is 0.897 bits per heavy atom. The van der Waals surface area contributed by atoms with Gasteiger partial charge in [0.1, 0.15) is 5.82 Å². The van der Waals surface area contributed by atoms with Crippen molar-refractivity contribution in [2.75, 3.05) is 6.54 Å². The minimum atomic E-state index is -3.75. The Morgan fingerprint density at radius 3 is 2.17 bits per heavy atom. The molecule has 7 heteroatoms. The highest BCUT2D eigenvalue weighted by Crippen LogP contribution is 2.39. The Morgan fingerprint density at radius 2 is 1.52 bits per heavy atom. The first-order valence-electron chi connectivity index (χ1n) is 9.12. The highest BCUT2D eigenvalue weighted by atomic mass is 32.2. The van der Waals surface area contributed by atoms with Crippen LogP contribution in [0.25, 0.3) is 0 Å². The van der Waals surface area contributed by atoms with E-state index < -0.39 is 16.1 Å². The predicted octanol–water partition coefficient (Wildman–Crippen LogP) is 3.26. The Kier molecular flexibility index (Phi) is 4.94. The van der Waals surface area contributed by atoms with Crippen LogP contribution in [-0.2, 0) is 16.4 Å². The molecule has 0 bridgehead atoms. The van der Waals surface area contributed by atoms with E-state index in [-0.39, 0.29) is 16.6 Å². The lowest BCUT2D eigenvalue weighted by molar-refractivity contribution is 0.0750. The highest BCUT2D eigenvalue weighted by Gasteiger charge is 2.38. The lowest BCUT2D eigenvalue weighted by Gasteiger charge is -2.26. The average Bonchev–Trinajstić information content (AvgIpc) is 2.98. The number of nitrogens with two attached hydrogens (primary N) is 1. The van der Waals surface area contributed by atoms with Crippen molar-refractivity contribution >= 4 is 15.9 Å². The van der Waals surface area contributed by atoms with Crippen LogP contribution in [0, 0.1) is 5.82 Å². The second kappa shape index (κ2) is 7.42. The van der Waals surface area contributed by atoms with Crippen molar-refractivity contribution in [3.05, 3.63) is 101 Å². The molecule has 0 saturated carbocycles. The summed E-state index contributed by atoms with van der Waals surface area (Å²) in [7, 11) is -3.75. The summed E-state index contributed by atoms with van der Waals surface area (Å²) < 4.78 is 37.4. The molecule has 0 aromatic heterocycles. The first-order valence-corrected chi connectivity index (χ1v) is 10.7. The zero-order valence-electron chi connectivity index (χ0n) is 15.5. The van der Waals surface area contributed by atoms with Crippen molar-refractivity contribution < 1.29 is 17.6 Å². The van der Waals surface area contributed by atoms with Gasteiger partial charge in [0.15, 0.2) is 0 Å². The number of carbonyl (C=O) groups is 1. The summed E-state index contributed by atoms with van der Waals surface area (Å²) in [6.07, 6.45) is 0.496. The first kappa shape index (κ1) is 19.3. The Labute approximate surface area is 168 Å². The van der Waals surface area contributed by atoms with E-state index in [2.05, 4.69) is 0 Å². The molecule has 5 nitrogen and oxygen atoms in total. The van der Waals surface area contributed by atoms with Crippen LogP contribution in [0.3, 0.4) is 0 Å². The molecule has 148 valence electrons. The third-order valence-corrected chi connectivity index (χ3v) is 6.08. The Bertz CT molecular complexity index is 1180. The molecule has 0 spiro atoms. The van der Waals surface area contributed by atoms with Crippen LogP contribution in [0.1, 0.15) is 33.1 Å². The molecular weight excluding hydrogens is 391 g/mol. The van der Waals surface area contributed by atoms with Gasteiger partial charge in [-0.2, -0.15) is 0 Å². The maximum Gasteiger partial charge on any atom is 0.255 e. The monoisotopic (exact) mass is 410 g/mol. The zero-order valence-corrected chi connectivity index (χ0v) is 16.3. The zero-order chi connectivity index (χ0) is 20.6. The van der Waals surface area contributed by atoms with E-state index in [4.69, 9.17) is 5.14 Å². The number of fused-ring (bicyclic) bond motifs is 1.